The van der Waals surface area contributed by atoms with Gasteiger partial charge in [-0.3, -0.25) is 25.4 Å². The van der Waals surface area contributed by atoms with E-state index in [-0.39, 0.29) is 41.9 Å². The van der Waals surface area contributed by atoms with Crippen molar-refractivity contribution in [2.24, 2.45) is 4.99 Å². The van der Waals surface area contributed by atoms with Gasteiger partial charge in [-0.25, -0.2) is 9.59 Å². The lowest BCUT2D eigenvalue weighted by atomic mass is 9.71. The van der Waals surface area contributed by atoms with Crippen molar-refractivity contribution in [2.45, 2.75) is 110 Å². The number of aromatic hydroxyl groups is 2. The Labute approximate surface area is 322 Å². The van der Waals surface area contributed by atoms with Crippen molar-refractivity contribution >= 4 is 18.1 Å². The number of nitriles is 1. The molecule has 2 bridgehead atoms. The first-order valence-corrected chi connectivity index (χ1v) is 18.1. The van der Waals surface area contributed by atoms with Gasteiger partial charge in [0, 0.05) is 45.5 Å². The molecule has 3 heterocycles. The minimum atomic E-state index is -0.875. The van der Waals surface area contributed by atoms with Crippen LogP contribution in [0, 0.1) is 25.2 Å². The molecule has 2 aromatic carbocycles. The number of aliphatic imine (C=N–C) groups is 1. The van der Waals surface area contributed by atoms with Gasteiger partial charge in [0.1, 0.15) is 28.7 Å². The smallest absolute Gasteiger partial charge is 0.414 e. The molecule has 3 aliphatic heterocycles. The molecule has 3 aliphatic rings. The Morgan fingerprint density at radius 1 is 0.782 bits per heavy atom. The molecule has 5 atom stereocenters. The van der Waals surface area contributed by atoms with Gasteiger partial charge >= 0.3 is 12.2 Å². The lowest BCUT2D eigenvalue weighted by Gasteiger charge is -2.60. The summed E-state index contributed by atoms with van der Waals surface area (Å²) in [5, 5.41) is 40.0. The molecule has 0 radical (unpaired) electrons. The minimum Gasteiger partial charge on any atom is -0.504 e. The second-order valence-corrected chi connectivity index (χ2v) is 16.0. The van der Waals surface area contributed by atoms with E-state index in [1.807, 2.05) is 18.9 Å². The van der Waals surface area contributed by atoms with Gasteiger partial charge < -0.3 is 38.6 Å². The first kappa shape index (κ1) is 41.0. The Balaban J connectivity index is 1.76. The average molecular weight is 767 g/mol. The lowest BCUT2D eigenvalue weighted by molar-refractivity contribution is -0.0713. The number of carbonyl (C=O) groups is 2. The van der Waals surface area contributed by atoms with Crippen molar-refractivity contribution in [2.75, 3.05) is 42.0 Å². The van der Waals surface area contributed by atoms with Gasteiger partial charge in [-0.05, 0) is 75.3 Å². The number of fused-ring (bicyclic) bond motifs is 7. The lowest BCUT2D eigenvalue weighted by Crippen LogP contribution is -2.68. The van der Waals surface area contributed by atoms with Gasteiger partial charge in [0.25, 0.3) is 0 Å². The summed E-state index contributed by atoms with van der Waals surface area (Å²) in [6.07, 6.45) is -1.11. The Morgan fingerprint density at radius 3 is 1.65 bits per heavy atom. The van der Waals surface area contributed by atoms with Crippen LogP contribution in [0.5, 0.6) is 34.5 Å². The number of guanidine groups is 1. The molecule has 0 saturated carbocycles. The van der Waals surface area contributed by atoms with Gasteiger partial charge in [-0.15, -0.1) is 0 Å². The molecule has 1 fully saturated rings. The zero-order valence-corrected chi connectivity index (χ0v) is 34.0. The minimum absolute atomic E-state index is 0.0204. The first-order valence-electron chi connectivity index (χ1n) is 18.1. The van der Waals surface area contributed by atoms with Gasteiger partial charge in [0.15, 0.2) is 23.0 Å². The average Bonchev–Trinajstić information content (AvgIpc) is 3.06. The SMILES string of the molecule is COc1c(C)c(OC)c2c(c1O)[C@@H]1[C@@H]3Cc4c(OC)c(C)c(OC)c(O)c4[C@H](CN=C(NC(=O)OC(C)(C)C)NC(=O)OC(C)(C)C)N3[C@@H](C#N)[C@H](C2)N1C. The largest absolute Gasteiger partial charge is 0.504 e. The summed E-state index contributed by atoms with van der Waals surface area (Å²) in [5.41, 5.74) is 1.96. The van der Waals surface area contributed by atoms with Crippen LogP contribution in [0.15, 0.2) is 4.99 Å². The van der Waals surface area contributed by atoms with Crippen LogP contribution in [0.2, 0.25) is 0 Å². The number of rotatable bonds is 6. The van der Waals surface area contributed by atoms with Crippen LogP contribution >= 0.6 is 0 Å². The van der Waals surface area contributed by atoms with Crippen molar-refractivity contribution in [1.82, 2.24) is 20.4 Å². The van der Waals surface area contributed by atoms with E-state index in [9.17, 15) is 25.1 Å². The number of amides is 2. The van der Waals surface area contributed by atoms with Crippen molar-refractivity contribution in [3.05, 3.63) is 33.4 Å². The number of ether oxygens (including phenoxy) is 6. The number of carbonyl (C=O) groups excluding carboxylic acids is 2. The maximum atomic E-state index is 13.0. The number of phenols is 2. The van der Waals surface area contributed by atoms with Crippen molar-refractivity contribution < 1.29 is 48.2 Å². The van der Waals surface area contributed by atoms with Crippen LogP contribution in [0.4, 0.5) is 9.59 Å². The summed E-state index contributed by atoms with van der Waals surface area (Å²) in [7, 11) is 7.98. The second-order valence-electron chi connectivity index (χ2n) is 16.0. The highest BCUT2D eigenvalue weighted by atomic mass is 16.6. The molecule has 1 saturated heterocycles. The Hall–Kier alpha value is -5.14. The van der Waals surface area contributed by atoms with Crippen molar-refractivity contribution in [3.63, 3.8) is 0 Å². The van der Waals surface area contributed by atoms with Crippen LogP contribution < -0.4 is 29.6 Å². The van der Waals surface area contributed by atoms with Gasteiger partial charge in [-0.2, -0.15) is 5.26 Å². The van der Waals surface area contributed by atoms with Gasteiger partial charge in [0.05, 0.1) is 53.1 Å². The fourth-order valence-corrected chi connectivity index (χ4v) is 8.48. The molecule has 2 amide bonds. The Kier molecular flexibility index (Phi) is 11.3. The fraction of sp³-hybridized carbons (Fsp3) is 0.590. The van der Waals surface area contributed by atoms with E-state index in [0.717, 1.165) is 5.56 Å². The van der Waals surface area contributed by atoms with E-state index in [1.54, 1.807) is 55.6 Å². The fourth-order valence-electron chi connectivity index (χ4n) is 8.48. The molecule has 5 rings (SSSR count). The number of methoxy groups -OCH3 is 4. The van der Waals surface area contributed by atoms with E-state index in [2.05, 4.69) is 21.6 Å². The van der Waals surface area contributed by atoms with Crippen LogP contribution in [0.25, 0.3) is 0 Å². The van der Waals surface area contributed by atoms with Crippen LogP contribution in [0.1, 0.15) is 87.0 Å². The molecule has 0 aromatic heterocycles. The molecule has 0 spiro atoms. The zero-order valence-electron chi connectivity index (χ0n) is 34.0. The summed E-state index contributed by atoms with van der Waals surface area (Å²) >= 11 is 0. The number of alkyl carbamates (subject to hydrolysis) is 2. The number of nitrogens with one attached hydrogen (secondary N) is 2. The third-order valence-corrected chi connectivity index (χ3v) is 10.3. The molecule has 16 nitrogen and oxygen atoms in total. The standard InChI is InChI=1S/C39H54N6O10/c1-18-31(50-10)20-15-23-28-27-21(32(51-11)19(2)34(53-13)30(27)47)14-22(44(28)9)24(16-40)45(23)25(26(20)29(46)33(18)52-12)17-41-35(42-36(48)54-38(3,4)5)43-37(49)55-39(6,7)8/h22-25,28,46-47H,14-15,17H2,1-13H3,(H2,41,42,43,48,49)/t22-,23-,24-,25-,28-/m0/s1. The maximum absolute atomic E-state index is 13.0. The second kappa shape index (κ2) is 15.2. The molecular weight excluding hydrogens is 712 g/mol. The zero-order chi connectivity index (χ0) is 40.9. The predicted molar refractivity (Wildman–Crippen MR) is 202 cm³/mol. The van der Waals surface area contributed by atoms with Gasteiger partial charge in [0.2, 0.25) is 5.96 Å². The number of phenolic OH excluding ortho intramolecular Hbond substituents is 2. The number of benzene rings is 2. The van der Waals surface area contributed by atoms with Crippen LogP contribution in [-0.4, -0.2) is 110 Å². The summed E-state index contributed by atoms with van der Waals surface area (Å²) in [6, 6.07) is -0.499. The number of likely N-dealkylation sites (N-methyl/N-ethyl adjacent to an activating group) is 1. The molecular formula is C39H54N6O10. The molecule has 0 aliphatic carbocycles. The molecule has 2 aromatic rings. The summed E-state index contributed by atoms with van der Waals surface area (Å²) in [4.78, 5) is 34.9. The summed E-state index contributed by atoms with van der Waals surface area (Å²) < 4.78 is 34.3. The summed E-state index contributed by atoms with van der Waals surface area (Å²) in [5.74, 6) is 1.10. The Bertz CT molecular complexity index is 1900. The Morgan fingerprint density at radius 2 is 1.22 bits per heavy atom. The van der Waals surface area contributed by atoms with E-state index in [0.29, 0.717) is 45.7 Å². The highest BCUT2D eigenvalue weighted by molar-refractivity contribution is 6.01. The molecule has 16 heteroatoms. The molecule has 55 heavy (non-hydrogen) atoms. The highest BCUT2D eigenvalue weighted by Gasteiger charge is 2.57. The third-order valence-electron chi connectivity index (χ3n) is 10.3. The predicted octanol–water partition coefficient (Wildman–Crippen LogP) is 4.93. The van der Waals surface area contributed by atoms with Gasteiger partial charge in [-0.1, -0.05) is 0 Å². The molecule has 4 N–H and O–H groups in total. The van der Waals surface area contributed by atoms with Crippen LogP contribution in [-0.2, 0) is 22.3 Å². The highest BCUT2D eigenvalue weighted by Crippen LogP contribution is 2.59. The topological polar surface area (TPSA) is 197 Å². The summed E-state index contributed by atoms with van der Waals surface area (Å²) in [6.45, 7) is 13.6. The van der Waals surface area contributed by atoms with Crippen molar-refractivity contribution in [1.29, 1.82) is 5.26 Å². The maximum Gasteiger partial charge on any atom is 0.414 e. The van der Waals surface area contributed by atoms with E-state index < -0.39 is 53.6 Å². The number of piperazine rings is 1. The first-order chi connectivity index (χ1) is 25.7. The van der Waals surface area contributed by atoms with Crippen LogP contribution in [0.3, 0.4) is 0 Å². The quantitative estimate of drug-likeness (QED) is 0.229. The van der Waals surface area contributed by atoms with E-state index in [1.165, 1.54) is 21.3 Å². The number of hydrogen-bond donors (Lipinski definition) is 4. The van der Waals surface area contributed by atoms with Crippen molar-refractivity contribution in [3.8, 4) is 40.6 Å². The van der Waals surface area contributed by atoms with E-state index >= 15 is 0 Å². The number of hydrogen-bond acceptors (Lipinski definition) is 14. The molecule has 0 unspecified atom stereocenters. The monoisotopic (exact) mass is 766 g/mol. The van der Waals surface area contributed by atoms with E-state index in [4.69, 9.17) is 33.4 Å². The third kappa shape index (κ3) is 7.47. The number of nitrogens with zero attached hydrogens (tertiary/aromatic N) is 4. The normalized spacial score (nSPS) is 21.8. The molecule has 300 valence electrons.